The van der Waals surface area contributed by atoms with Crippen LogP contribution in [0.3, 0.4) is 0 Å². The van der Waals surface area contributed by atoms with Crippen molar-refractivity contribution in [3.05, 3.63) is 0 Å². The van der Waals surface area contributed by atoms with Gasteiger partial charge in [-0.25, -0.2) is 0 Å². The average Bonchev–Trinajstić information content (AvgIpc) is 2.06. The maximum absolute atomic E-state index is 10.0. The van der Waals surface area contributed by atoms with Crippen molar-refractivity contribution < 1.29 is 5.11 Å². The quantitative estimate of drug-likeness (QED) is 0.737. The molecule has 0 aromatic heterocycles. The predicted octanol–water partition coefficient (Wildman–Crippen LogP) is 3.86. The lowest BCUT2D eigenvalue weighted by Gasteiger charge is -2.40. The summed E-state index contributed by atoms with van der Waals surface area (Å²) in [7, 11) is 0. The second-order valence-electron chi connectivity index (χ2n) is 6.83. The minimum atomic E-state index is -0.0361. The van der Waals surface area contributed by atoms with Gasteiger partial charge in [0.25, 0.3) is 0 Å². The van der Waals surface area contributed by atoms with E-state index in [1.165, 1.54) is 19.3 Å². The fraction of sp³-hybridized carbons (Fsp3) is 1.00. The molecule has 0 amide bonds. The first-order chi connectivity index (χ1) is 6.80. The zero-order valence-electron chi connectivity index (χ0n) is 11.1. The summed E-state index contributed by atoms with van der Waals surface area (Å²) in [5, 5.41) is 10.0. The van der Waals surface area contributed by atoms with E-state index in [0.29, 0.717) is 17.3 Å². The van der Waals surface area contributed by atoms with Crippen molar-refractivity contribution >= 4 is 0 Å². The number of hydrogen-bond donors (Lipinski definition) is 1. The molecule has 3 atom stereocenters. The Labute approximate surface area is 95.3 Å². The smallest absolute Gasteiger partial charge is 0.0568 e. The van der Waals surface area contributed by atoms with E-state index in [2.05, 4.69) is 34.6 Å². The van der Waals surface area contributed by atoms with Gasteiger partial charge < -0.3 is 5.11 Å². The molecule has 15 heavy (non-hydrogen) atoms. The topological polar surface area (TPSA) is 20.2 Å². The lowest BCUT2D eigenvalue weighted by molar-refractivity contribution is 0.0108. The summed E-state index contributed by atoms with van der Waals surface area (Å²) in [5.41, 5.74) is 0.412. The third-order valence-corrected chi connectivity index (χ3v) is 3.94. The lowest BCUT2D eigenvalue weighted by Crippen LogP contribution is -2.35. The molecule has 1 aliphatic carbocycles. The first-order valence-electron chi connectivity index (χ1n) is 6.48. The zero-order chi connectivity index (χ0) is 11.6. The molecule has 0 bridgehead atoms. The molecule has 0 radical (unpaired) electrons. The Morgan fingerprint density at radius 2 is 1.80 bits per heavy atom. The summed E-state index contributed by atoms with van der Waals surface area (Å²) in [6.07, 6.45) is 4.60. The van der Waals surface area contributed by atoms with Gasteiger partial charge in [0.2, 0.25) is 0 Å². The molecule has 1 fully saturated rings. The van der Waals surface area contributed by atoms with Crippen LogP contribution >= 0.6 is 0 Å². The second-order valence-corrected chi connectivity index (χ2v) is 6.83. The first-order valence-corrected chi connectivity index (χ1v) is 6.48. The maximum atomic E-state index is 10.0. The van der Waals surface area contributed by atoms with Gasteiger partial charge in [0, 0.05) is 0 Å². The Kier molecular flexibility index (Phi) is 4.22. The van der Waals surface area contributed by atoms with Crippen LogP contribution in [0.2, 0.25) is 0 Å². The second kappa shape index (κ2) is 4.86. The van der Waals surface area contributed by atoms with E-state index in [1.54, 1.807) is 0 Å². The van der Waals surface area contributed by atoms with Crippen molar-refractivity contribution in [2.45, 2.75) is 66.4 Å². The fourth-order valence-electron chi connectivity index (χ4n) is 2.89. The highest BCUT2D eigenvalue weighted by Gasteiger charge is 2.34. The molecule has 1 rings (SSSR count). The SMILES string of the molecule is CC(C)CC1CC(C(C)(C)C)CCC1O. The summed E-state index contributed by atoms with van der Waals surface area (Å²) in [6.45, 7) is 11.5. The lowest BCUT2D eigenvalue weighted by atomic mass is 9.67. The Bertz CT molecular complexity index is 190. The van der Waals surface area contributed by atoms with E-state index in [1.807, 2.05) is 0 Å². The van der Waals surface area contributed by atoms with Crippen molar-refractivity contribution in [1.82, 2.24) is 0 Å². The third-order valence-electron chi connectivity index (χ3n) is 3.94. The monoisotopic (exact) mass is 212 g/mol. The Morgan fingerprint density at radius 3 is 2.27 bits per heavy atom. The summed E-state index contributed by atoms with van der Waals surface area (Å²) >= 11 is 0. The normalized spacial score (nSPS) is 33.4. The summed E-state index contributed by atoms with van der Waals surface area (Å²) < 4.78 is 0. The maximum Gasteiger partial charge on any atom is 0.0568 e. The van der Waals surface area contributed by atoms with Crippen LogP contribution in [0, 0.1) is 23.2 Å². The molecule has 1 saturated carbocycles. The molecule has 0 spiro atoms. The molecule has 90 valence electrons. The van der Waals surface area contributed by atoms with E-state index in [4.69, 9.17) is 0 Å². The van der Waals surface area contributed by atoms with Gasteiger partial charge in [-0.2, -0.15) is 0 Å². The van der Waals surface area contributed by atoms with E-state index in [9.17, 15) is 5.11 Å². The summed E-state index contributed by atoms with van der Waals surface area (Å²) in [6, 6.07) is 0. The van der Waals surface area contributed by atoms with E-state index < -0.39 is 0 Å². The van der Waals surface area contributed by atoms with Crippen LogP contribution in [0.4, 0.5) is 0 Å². The van der Waals surface area contributed by atoms with Crippen LogP contribution in [0.5, 0.6) is 0 Å². The van der Waals surface area contributed by atoms with Crippen LogP contribution in [-0.2, 0) is 0 Å². The van der Waals surface area contributed by atoms with Gasteiger partial charge in [0.15, 0.2) is 0 Å². The first kappa shape index (κ1) is 13.0. The summed E-state index contributed by atoms with van der Waals surface area (Å²) in [4.78, 5) is 0. The molecule has 0 aromatic rings. The molecular formula is C14H28O. The highest BCUT2D eigenvalue weighted by molar-refractivity contribution is 4.85. The van der Waals surface area contributed by atoms with Gasteiger partial charge in [-0.1, -0.05) is 34.6 Å². The standard InChI is InChI=1S/C14H28O/c1-10(2)8-11-9-12(14(3,4)5)6-7-13(11)15/h10-13,15H,6-9H2,1-5H3. The van der Waals surface area contributed by atoms with Crippen LogP contribution in [0.25, 0.3) is 0 Å². The Hall–Kier alpha value is -0.0400. The predicted molar refractivity (Wildman–Crippen MR) is 65.7 cm³/mol. The number of rotatable bonds is 2. The molecule has 1 nitrogen and oxygen atoms in total. The van der Waals surface area contributed by atoms with Crippen molar-refractivity contribution in [3.63, 3.8) is 0 Å². The minimum absolute atomic E-state index is 0.0361. The Morgan fingerprint density at radius 1 is 1.20 bits per heavy atom. The van der Waals surface area contributed by atoms with Gasteiger partial charge in [-0.05, 0) is 48.9 Å². The van der Waals surface area contributed by atoms with Gasteiger partial charge in [0.1, 0.15) is 0 Å². The van der Waals surface area contributed by atoms with Crippen molar-refractivity contribution in [2.75, 3.05) is 0 Å². The minimum Gasteiger partial charge on any atom is -0.393 e. The van der Waals surface area contributed by atoms with Crippen LogP contribution < -0.4 is 0 Å². The van der Waals surface area contributed by atoms with Gasteiger partial charge in [0.05, 0.1) is 6.10 Å². The molecule has 0 saturated heterocycles. The molecule has 0 aromatic carbocycles. The van der Waals surface area contributed by atoms with Crippen LogP contribution in [0.15, 0.2) is 0 Å². The third kappa shape index (κ3) is 3.79. The van der Waals surface area contributed by atoms with Crippen LogP contribution in [0.1, 0.15) is 60.3 Å². The van der Waals surface area contributed by atoms with Gasteiger partial charge >= 0.3 is 0 Å². The number of hydrogen-bond acceptors (Lipinski definition) is 1. The molecular weight excluding hydrogens is 184 g/mol. The fourth-order valence-corrected chi connectivity index (χ4v) is 2.89. The largest absolute Gasteiger partial charge is 0.393 e. The number of aliphatic hydroxyl groups is 1. The molecule has 1 aliphatic rings. The van der Waals surface area contributed by atoms with Gasteiger partial charge in [-0.3, -0.25) is 0 Å². The van der Waals surface area contributed by atoms with Crippen molar-refractivity contribution in [3.8, 4) is 0 Å². The average molecular weight is 212 g/mol. The highest BCUT2D eigenvalue weighted by atomic mass is 16.3. The van der Waals surface area contributed by atoms with E-state index in [0.717, 1.165) is 12.3 Å². The molecule has 1 N–H and O–H groups in total. The molecule has 0 heterocycles. The van der Waals surface area contributed by atoms with Crippen molar-refractivity contribution in [1.29, 1.82) is 0 Å². The number of aliphatic hydroxyl groups excluding tert-OH is 1. The highest BCUT2D eigenvalue weighted by Crippen LogP contribution is 2.42. The van der Waals surface area contributed by atoms with E-state index in [-0.39, 0.29) is 6.10 Å². The Balaban J connectivity index is 2.56. The molecule has 0 aliphatic heterocycles. The molecule has 1 heteroatoms. The van der Waals surface area contributed by atoms with Crippen LogP contribution in [-0.4, -0.2) is 11.2 Å². The zero-order valence-corrected chi connectivity index (χ0v) is 11.1. The molecule has 3 unspecified atom stereocenters. The summed E-state index contributed by atoms with van der Waals surface area (Å²) in [5.74, 6) is 2.05. The van der Waals surface area contributed by atoms with Gasteiger partial charge in [-0.15, -0.1) is 0 Å². The van der Waals surface area contributed by atoms with E-state index >= 15 is 0 Å². The van der Waals surface area contributed by atoms with Crippen molar-refractivity contribution in [2.24, 2.45) is 23.2 Å².